The van der Waals surface area contributed by atoms with Gasteiger partial charge in [-0.2, -0.15) is 0 Å². The summed E-state index contributed by atoms with van der Waals surface area (Å²) in [6.45, 7) is 7.40. The van der Waals surface area contributed by atoms with Crippen LogP contribution in [-0.2, 0) is 4.79 Å². The second-order valence-electron chi connectivity index (χ2n) is 6.45. The van der Waals surface area contributed by atoms with Gasteiger partial charge in [-0.05, 0) is 42.9 Å². The van der Waals surface area contributed by atoms with E-state index in [0.717, 1.165) is 35.4 Å². The number of carbonyl (C=O) groups is 1. The first-order chi connectivity index (χ1) is 14.0. The third-order valence-electron chi connectivity index (χ3n) is 4.70. The first-order valence-electron chi connectivity index (χ1n) is 9.55. The van der Waals surface area contributed by atoms with Gasteiger partial charge in [0.1, 0.15) is 5.52 Å². The Kier molecular flexibility index (Phi) is 7.67. The van der Waals surface area contributed by atoms with E-state index in [-0.39, 0.29) is 5.91 Å². The minimum absolute atomic E-state index is 0.132. The molecule has 0 fully saturated rings. The van der Waals surface area contributed by atoms with Gasteiger partial charge in [-0.15, -0.1) is 0 Å². The van der Waals surface area contributed by atoms with Gasteiger partial charge in [0.15, 0.2) is 5.13 Å². The molecule has 0 atom stereocenters. The number of nitrogens with zero attached hydrogens (tertiary/aromatic N) is 3. The molecule has 0 bridgehead atoms. The summed E-state index contributed by atoms with van der Waals surface area (Å²) in [5, 5.41) is 1.85. The highest BCUT2D eigenvalue weighted by Crippen LogP contribution is 2.33. The van der Waals surface area contributed by atoms with Gasteiger partial charge in [0, 0.05) is 24.2 Å². The number of para-hydroxylation sites is 1. The molecular formula is C22H23Cl2N3OS. The van der Waals surface area contributed by atoms with E-state index in [1.807, 2.05) is 36.4 Å². The van der Waals surface area contributed by atoms with Crippen LogP contribution in [0.3, 0.4) is 0 Å². The van der Waals surface area contributed by atoms with Crippen molar-refractivity contribution in [2.75, 3.05) is 31.1 Å². The molecule has 0 aliphatic heterocycles. The van der Waals surface area contributed by atoms with Crippen LogP contribution in [0.25, 0.3) is 16.3 Å². The smallest absolute Gasteiger partial charge is 0.252 e. The molecule has 0 N–H and O–H groups in total. The molecule has 29 heavy (non-hydrogen) atoms. The lowest BCUT2D eigenvalue weighted by molar-refractivity contribution is -0.114. The summed E-state index contributed by atoms with van der Waals surface area (Å²) in [4.78, 5) is 21.7. The summed E-state index contributed by atoms with van der Waals surface area (Å²) in [6, 6.07) is 13.1. The van der Waals surface area contributed by atoms with E-state index in [2.05, 4.69) is 23.7 Å². The Bertz CT molecular complexity index is 1010. The summed E-state index contributed by atoms with van der Waals surface area (Å²) < 4.78 is 0.961. The van der Waals surface area contributed by atoms with Crippen molar-refractivity contribution in [1.82, 2.24) is 9.88 Å². The molecule has 0 radical (unpaired) electrons. The highest BCUT2D eigenvalue weighted by Gasteiger charge is 2.19. The Morgan fingerprint density at radius 1 is 1.03 bits per heavy atom. The quantitative estimate of drug-likeness (QED) is 0.397. The topological polar surface area (TPSA) is 36.4 Å². The number of benzene rings is 2. The van der Waals surface area contributed by atoms with Gasteiger partial charge < -0.3 is 4.90 Å². The minimum Gasteiger partial charge on any atom is -0.302 e. The molecule has 152 valence electrons. The lowest BCUT2D eigenvalue weighted by Gasteiger charge is -2.23. The van der Waals surface area contributed by atoms with Gasteiger partial charge in [-0.1, -0.05) is 72.7 Å². The van der Waals surface area contributed by atoms with Crippen LogP contribution in [0.4, 0.5) is 5.13 Å². The molecule has 3 aromatic rings. The van der Waals surface area contributed by atoms with Crippen molar-refractivity contribution in [1.29, 1.82) is 0 Å². The lowest BCUT2D eigenvalue weighted by atomic mass is 10.2. The molecule has 0 saturated carbocycles. The Hall–Kier alpha value is -1.92. The van der Waals surface area contributed by atoms with Crippen LogP contribution in [0.1, 0.15) is 19.4 Å². The Morgan fingerprint density at radius 2 is 1.76 bits per heavy atom. The van der Waals surface area contributed by atoms with Crippen molar-refractivity contribution in [2.45, 2.75) is 13.8 Å². The van der Waals surface area contributed by atoms with Gasteiger partial charge in [0.25, 0.3) is 5.91 Å². The van der Waals surface area contributed by atoms with E-state index in [1.165, 1.54) is 11.3 Å². The van der Waals surface area contributed by atoms with E-state index < -0.39 is 0 Å². The first-order valence-corrected chi connectivity index (χ1v) is 11.1. The van der Waals surface area contributed by atoms with Crippen LogP contribution in [0.2, 0.25) is 10.0 Å². The fourth-order valence-corrected chi connectivity index (χ4v) is 4.46. The highest BCUT2D eigenvalue weighted by molar-refractivity contribution is 7.22. The number of rotatable bonds is 8. The number of aromatic nitrogens is 1. The molecule has 1 amide bonds. The molecule has 7 heteroatoms. The Labute approximate surface area is 185 Å². The van der Waals surface area contributed by atoms with Crippen molar-refractivity contribution >= 4 is 61.9 Å². The van der Waals surface area contributed by atoms with E-state index in [4.69, 9.17) is 23.2 Å². The Balaban J connectivity index is 1.90. The molecule has 4 nitrogen and oxygen atoms in total. The highest BCUT2D eigenvalue weighted by atomic mass is 35.5. The number of fused-ring (bicyclic) bond motifs is 1. The molecule has 2 aromatic carbocycles. The van der Waals surface area contributed by atoms with E-state index in [9.17, 15) is 4.79 Å². The fraction of sp³-hybridized carbons (Fsp3) is 0.273. The van der Waals surface area contributed by atoms with E-state index in [1.54, 1.807) is 23.1 Å². The maximum Gasteiger partial charge on any atom is 0.252 e. The predicted molar refractivity (Wildman–Crippen MR) is 125 cm³/mol. The van der Waals surface area contributed by atoms with Crippen molar-refractivity contribution < 1.29 is 4.79 Å². The normalized spacial score (nSPS) is 11.6. The molecule has 0 unspecified atom stereocenters. The molecule has 0 aliphatic carbocycles. The predicted octanol–water partition coefficient (Wildman–Crippen LogP) is 5.99. The van der Waals surface area contributed by atoms with Crippen molar-refractivity contribution in [3.8, 4) is 0 Å². The van der Waals surface area contributed by atoms with E-state index >= 15 is 0 Å². The van der Waals surface area contributed by atoms with Gasteiger partial charge >= 0.3 is 0 Å². The monoisotopic (exact) mass is 447 g/mol. The summed E-state index contributed by atoms with van der Waals surface area (Å²) in [5.74, 6) is -0.132. The zero-order chi connectivity index (χ0) is 20.8. The average molecular weight is 448 g/mol. The van der Waals surface area contributed by atoms with Crippen molar-refractivity contribution in [3.05, 3.63) is 64.1 Å². The molecule has 3 rings (SSSR count). The number of anilines is 1. The third-order valence-corrected chi connectivity index (χ3v) is 6.39. The minimum atomic E-state index is -0.132. The molecular weight excluding hydrogens is 425 g/mol. The number of thiazole rings is 1. The lowest BCUT2D eigenvalue weighted by Crippen LogP contribution is -2.38. The van der Waals surface area contributed by atoms with Crippen LogP contribution < -0.4 is 4.90 Å². The molecule has 1 aromatic heterocycles. The summed E-state index contributed by atoms with van der Waals surface area (Å²) in [7, 11) is 0. The summed E-state index contributed by atoms with van der Waals surface area (Å²) in [5.41, 5.74) is 1.53. The van der Waals surface area contributed by atoms with Gasteiger partial charge in [0.05, 0.1) is 9.72 Å². The van der Waals surface area contributed by atoms with Gasteiger partial charge in [-0.25, -0.2) is 4.98 Å². The number of carbonyl (C=O) groups excluding carboxylic acids is 1. The van der Waals surface area contributed by atoms with Crippen molar-refractivity contribution in [3.63, 3.8) is 0 Å². The second-order valence-corrected chi connectivity index (χ2v) is 8.28. The average Bonchev–Trinajstić information content (AvgIpc) is 3.16. The number of hydrogen-bond acceptors (Lipinski definition) is 4. The fourth-order valence-electron chi connectivity index (χ4n) is 2.96. The van der Waals surface area contributed by atoms with Crippen LogP contribution in [0.5, 0.6) is 0 Å². The largest absolute Gasteiger partial charge is 0.302 e. The van der Waals surface area contributed by atoms with E-state index in [0.29, 0.717) is 21.7 Å². The van der Waals surface area contributed by atoms with Crippen LogP contribution in [0, 0.1) is 0 Å². The SMILES string of the molecule is CCN(CC)CCN(C(=O)C=Cc1ccccc1Cl)c1nc2c(Cl)cccc2s1. The molecule has 0 aliphatic rings. The third kappa shape index (κ3) is 5.37. The maximum atomic E-state index is 13.1. The number of likely N-dealkylation sites (N-methyl/N-ethyl adjacent to an activating group) is 1. The maximum absolute atomic E-state index is 13.1. The van der Waals surface area contributed by atoms with Gasteiger partial charge in [-0.3, -0.25) is 9.69 Å². The van der Waals surface area contributed by atoms with Gasteiger partial charge in [0.2, 0.25) is 0 Å². The van der Waals surface area contributed by atoms with Crippen LogP contribution in [-0.4, -0.2) is 42.0 Å². The van der Waals surface area contributed by atoms with Crippen LogP contribution in [0.15, 0.2) is 48.5 Å². The number of amides is 1. The zero-order valence-corrected chi connectivity index (χ0v) is 18.8. The summed E-state index contributed by atoms with van der Waals surface area (Å²) in [6.07, 6.45) is 3.30. The zero-order valence-electron chi connectivity index (χ0n) is 16.4. The van der Waals surface area contributed by atoms with Crippen LogP contribution >= 0.6 is 34.5 Å². The molecule has 0 saturated heterocycles. The Morgan fingerprint density at radius 3 is 2.45 bits per heavy atom. The molecule has 0 spiro atoms. The molecule has 1 heterocycles. The second kappa shape index (κ2) is 10.2. The number of halogens is 2. The first kappa shape index (κ1) is 21.8. The standard InChI is InChI=1S/C22H23Cl2N3OS/c1-3-26(4-2)14-15-27(20(28)13-12-16-8-5-6-9-17(16)23)22-25-21-18(24)10-7-11-19(21)29-22/h5-13H,3-4,14-15H2,1-2H3. The summed E-state index contributed by atoms with van der Waals surface area (Å²) >= 11 is 14.0. The number of hydrogen-bond donors (Lipinski definition) is 0. The van der Waals surface area contributed by atoms with Crippen molar-refractivity contribution in [2.24, 2.45) is 0 Å².